The molecule has 0 fully saturated rings. The van der Waals surface area contributed by atoms with Gasteiger partial charge >= 0.3 is 0 Å². The van der Waals surface area contributed by atoms with Gasteiger partial charge in [0.1, 0.15) is 12.3 Å². The van der Waals surface area contributed by atoms with Crippen LogP contribution in [-0.2, 0) is 20.6 Å². The molecule has 38 heavy (non-hydrogen) atoms. The predicted octanol–water partition coefficient (Wildman–Crippen LogP) is 4.74. The zero-order valence-corrected chi connectivity index (χ0v) is 23.5. The average Bonchev–Trinajstić information content (AvgIpc) is 2.94. The van der Waals surface area contributed by atoms with Gasteiger partial charge < -0.3 is 19.5 Å². The summed E-state index contributed by atoms with van der Waals surface area (Å²) in [4.78, 5) is 12.8. The number of thioether (sulfide) groups is 1. The Balaban J connectivity index is 1.70. The van der Waals surface area contributed by atoms with Crippen molar-refractivity contribution in [3.05, 3.63) is 78.4 Å². The number of nitrogens with zero attached hydrogens (tertiary/aromatic N) is 1. The SMILES string of the molecule is CCOc1ccc(N(CC(=O)NCCCSCc2ccccc2)S(=O)(=O)c2ccc(OC)c(OC)c2)cc1. The van der Waals surface area contributed by atoms with Crippen molar-refractivity contribution in [2.24, 2.45) is 0 Å². The first-order valence-corrected chi connectivity index (χ1v) is 14.8. The van der Waals surface area contributed by atoms with Crippen LogP contribution in [0.15, 0.2) is 77.7 Å². The minimum absolute atomic E-state index is 0.0193. The second-order valence-electron chi connectivity index (χ2n) is 8.20. The fourth-order valence-corrected chi connectivity index (χ4v) is 6.01. The number of nitrogens with one attached hydrogen (secondary N) is 1. The van der Waals surface area contributed by atoms with Gasteiger partial charge in [-0.05, 0) is 61.1 Å². The maximum atomic E-state index is 13.7. The minimum Gasteiger partial charge on any atom is -0.494 e. The van der Waals surface area contributed by atoms with Crippen molar-refractivity contribution in [2.75, 3.05) is 44.0 Å². The Morgan fingerprint density at radius 2 is 1.66 bits per heavy atom. The van der Waals surface area contributed by atoms with E-state index in [1.165, 1.54) is 38.0 Å². The number of anilines is 1. The van der Waals surface area contributed by atoms with Crippen LogP contribution in [0.5, 0.6) is 17.2 Å². The van der Waals surface area contributed by atoms with Crippen LogP contribution in [0, 0.1) is 0 Å². The lowest BCUT2D eigenvalue weighted by Gasteiger charge is -2.24. The summed E-state index contributed by atoms with van der Waals surface area (Å²) in [6, 6.07) is 21.1. The van der Waals surface area contributed by atoms with Crippen LogP contribution in [0.1, 0.15) is 18.9 Å². The molecular formula is C28H34N2O6S2. The fraction of sp³-hybridized carbons (Fsp3) is 0.321. The Kier molecular flexibility index (Phi) is 11.2. The molecular weight excluding hydrogens is 524 g/mol. The highest BCUT2D eigenvalue weighted by Crippen LogP contribution is 2.32. The van der Waals surface area contributed by atoms with Crippen molar-refractivity contribution in [3.63, 3.8) is 0 Å². The summed E-state index contributed by atoms with van der Waals surface area (Å²) in [5, 5.41) is 2.85. The molecule has 0 saturated heterocycles. The largest absolute Gasteiger partial charge is 0.494 e. The fourth-order valence-electron chi connectivity index (χ4n) is 3.65. The number of hydrogen-bond acceptors (Lipinski definition) is 7. The Morgan fingerprint density at radius 1 is 0.947 bits per heavy atom. The zero-order chi connectivity index (χ0) is 27.4. The van der Waals surface area contributed by atoms with Gasteiger partial charge in [-0.15, -0.1) is 0 Å². The topological polar surface area (TPSA) is 94.2 Å². The number of methoxy groups -OCH3 is 2. The van der Waals surface area contributed by atoms with E-state index in [-0.39, 0.29) is 17.2 Å². The normalized spacial score (nSPS) is 11.0. The van der Waals surface area contributed by atoms with Gasteiger partial charge in [0, 0.05) is 18.4 Å². The van der Waals surface area contributed by atoms with Gasteiger partial charge in [-0.3, -0.25) is 9.10 Å². The molecule has 10 heteroatoms. The first kappa shape index (κ1) is 29.2. The van der Waals surface area contributed by atoms with Crippen molar-refractivity contribution in [2.45, 2.75) is 24.0 Å². The average molecular weight is 559 g/mol. The third kappa shape index (κ3) is 8.06. The van der Waals surface area contributed by atoms with Crippen molar-refractivity contribution < 1.29 is 27.4 Å². The standard InChI is InChI=1S/C28H34N2O6S2/c1-4-36-24-13-11-23(12-14-24)30(38(32,33)25-15-16-26(34-2)27(19-25)35-3)20-28(31)29-17-8-18-37-21-22-9-6-5-7-10-22/h5-7,9-16,19H,4,8,17-18,20-21H2,1-3H3,(H,29,31). The van der Waals surface area contributed by atoms with Gasteiger partial charge in [0.05, 0.1) is 31.4 Å². The summed E-state index contributed by atoms with van der Waals surface area (Å²) >= 11 is 1.79. The maximum absolute atomic E-state index is 13.7. The van der Waals surface area contributed by atoms with Gasteiger partial charge in [0.15, 0.2) is 11.5 Å². The summed E-state index contributed by atoms with van der Waals surface area (Å²) in [5.74, 6) is 2.68. The van der Waals surface area contributed by atoms with Gasteiger partial charge in [-0.2, -0.15) is 11.8 Å². The molecule has 3 aromatic rings. The molecule has 0 atom stereocenters. The first-order valence-electron chi connectivity index (χ1n) is 12.2. The summed E-state index contributed by atoms with van der Waals surface area (Å²) in [5.41, 5.74) is 1.60. The molecule has 1 N–H and O–H groups in total. The highest BCUT2D eigenvalue weighted by atomic mass is 32.2. The predicted molar refractivity (Wildman–Crippen MR) is 152 cm³/mol. The summed E-state index contributed by atoms with van der Waals surface area (Å²) in [6.07, 6.45) is 0.773. The van der Waals surface area contributed by atoms with Crippen molar-refractivity contribution in [1.29, 1.82) is 0 Å². The Bertz CT molecular complexity index is 1270. The van der Waals surface area contributed by atoms with Crippen LogP contribution < -0.4 is 23.8 Å². The Hall–Kier alpha value is -3.37. The number of amides is 1. The van der Waals surface area contributed by atoms with E-state index in [2.05, 4.69) is 17.4 Å². The number of rotatable bonds is 15. The highest BCUT2D eigenvalue weighted by Gasteiger charge is 2.28. The monoisotopic (exact) mass is 558 g/mol. The summed E-state index contributed by atoms with van der Waals surface area (Å²) < 4.78 is 44.5. The van der Waals surface area contributed by atoms with Crippen LogP contribution in [-0.4, -0.2) is 54.0 Å². The lowest BCUT2D eigenvalue weighted by Crippen LogP contribution is -2.41. The molecule has 8 nitrogen and oxygen atoms in total. The van der Waals surface area contributed by atoms with E-state index in [1.54, 1.807) is 36.0 Å². The molecule has 0 radical (unpaired) electrons. The van der Waals surface area contributed by atoms with Crippen molar-refractivity contribution >= 4 is 33.4 Å². The second-order valence-corrected chi connectivity index (χ2v) is 11.2. The van der Waals surface area contributed by atoms with Crippen LogP contribution in [0.4, 0.5) is 5.69 Å². The quantitative estimate of drug-likeness (QED) is 0.269. The molecule has 204 valence electrons. The molecule has 0 spiro atoms. The molecule has 0 heterocycles. The molecule has 0 aliphatic heterocycles. The number of carbonyl (C=O) groups excluding carboxylic acids is 1. The van der Waals surface area contributed by atoms with Crippen LogP contribution >= 0.6 is 11.8 Å². The molecule has 0 aliphatic carbocycles. The maximum Gasteiger partial charge on any atom is 0.264 e. The number of ether oxygens (including phenoxy) is 3. The molecule has 3 rings (SSSR count). The van der Waals surface area contributed by atoms with Crippen molar-refractivity contribution in [1.82, 2.24) is 5.32 Å². The van der Waals surface area contributed by atoms with E-state index in [0.717, 1.165) is 22.2 Å². The van der Waals surface area contributed by atoms with Crippen molar-refractivity contribution in [3.8, 4) is 17.2 Å². The van der Waals surface area contributed by atoms with E-state index in [0.29, 0.717) is 30.3 Å². The molecule has 0 aliphatic rings. The van der Waals surface area contributed by atoms with Gasteiger partial charge in [-0.25, -0.2) is 8.42 Å². The third-order valence-electron chi connectivity index (χ3n) is 5.57. The molecule has 0 aromatic heterocycles. The Morgan fingerprint density at radius 3 is 2.32 bits per heavy atom. The highest BCUT2D eigenvalue weighted by molar-refractivity contribution is 7.98. The summed E-state index contributed by atoms with van der Waals surface area (Å²) in [7, 11) is -1.20. The summed E-state index contributed by atoms with van der Waals surface area (Å²) in [6.45, 7) is 2.43. The number of hydrogen-bond donors (Lipinski definition) is 1. The van der Waals surface area contributed by atoms with E-state index in [9.17, 15) is 13.2 Å². The third-order valence-corrected chi connectivity index (χ3v) is 8.45. The number of benzene rings is 3. The van der Waals surface area contributed by atoms with Crippen LogP contribution in [0.25, 0.3) is 0 Å². The van der Waals surface area contributed by atoms with Gasteiger partial charge in [0.25, 0.3) is 10.0 Å². The van der Waals surface area contributed by atoms with E-state index >= 15 is 0 Å². The number of sulfonamides is 1. The lowest BCUT2D eigenvalue weighted by molar-refractivity contribution is -0.119. The van der Waals surface area contributed by atoms with E-state index < -0.39 is 15.9 Å². The molecule has 0 saturated carbocycles. The molecule has 0 bridgehead atoms. The van der Waals surface area contributed by atoms with Crippen LogP contribution in [0.3, 0.4) is 0 Å². The van der Waals surface area contributed by atoms with Gasteiger partial charge in [-0.1, -0.05) is 30.3 Å². The van der Waals surface area contributed by atoms with E-state index in [1.807, 2.05) is 25.1 Å². The first-order chi connectivity index (χ1) is 18.4. The minimum atomic E-state index is -4.11. The smallest absolute Gasteiger partial charge is 0.264 e. The Labute approximate surface area is 229 Å². The second kappa shape index (κ2) is 14.5. The van der Waals surface area contributed by atoms with Crippen LogP contribution in [0.2, 0.25) is 0 Å². The zero-order valence-electron chi connectivity index (χ0n) is 21.9. The molecule has 3 aromatic carbocycles. The molecule has 0 unspecified atom stereocenters. The lowest BCUT2D eigenvalue weighted by atomic mass is 10.2. The van der Waals surface area contributed by atoms with E-state index in [4.69, 9.17) is 14.2 Å². The molecule has 1 amide bonds. The van der Waals surface area contributed by atoms with Gasteiger partial charge in [0.2, 0.25) is 5.91 Å². The number of carbonyl (C=O) groups is 1.